The Kier molecular flexibility index (Phi) is 3.60. The number of nitrogens with zero attached hydrogens (tertiary/aromatic N) is 1. The molecule has 0 amide bonds. The van der Waals surface area contributed by atoms with Gasteiger partial charge in [-0.05, 0) is 24.3 Å². The van der Waals surface area contributed by atoms with E-state index in [9.17, 15) is 0 Å². The van der Waals surface area contributed by atoms with Crippen LogP contribution >= 0.6 is 11.8 Å². The van der Waals surface area contributed by atoms with Gasteiger partial charge in [-0.15, -0.1) is 11.8 Å². The molecule has 0 saturated carbocycles. The second kappa shape index (κ2) is 4.51. The summed E-state index contributed by atoms with van der Waals surface area (Å²) >= 11 is 1.68. The molecule has 13 heavy (non-hydrogen) atoms. The van der Waals surface area contributed by atoms with Crippen LogP contribution < -0.4 is 5.49 Å². The summed E-state index contributed by atoms with van der Waals surface area (Å²) in [4.78, 5) is 1.16. The molecule has 1 heterocycles. The molecule has 1 aromatic heterocycles. The van der Waals surface area contributed by atoms with E-state index in [0.717, 1.165) is 11.4 Å². The van der Waals surface area contributed by atoms with Crippen LogP contribution in [0.2, 0.25) is 0 Å². The first-order valence-electron chi connectivity index (χ1n) is 4.42. The maximum Gasteiger partial charge on any atom is 0.125 e. The lowest BCUT2D eigenvalue weighted by atomic mass is 10.2. The fraction of sp³-hybridized carbons (Fsp3) is 0.500. The molecule has 1 aromatic rings. The molecule has 0 aliphatic rings. The van der Waals surface area contributed by atoms with Gasteiger partial charge < -0.3 is 4.57 Å². The predicted molar refractivity (Wildman–Crippen MR) is 56.9 cm³/mol. The number of hydrogen-bond donors (Lipinski definition) is 1. The Bertz CT molecular complexity index is 328. The lowest BCUT2D eigenvalue weighted by molar-refractivity contribution is 0.502. The maximum absolute atomic E-state index is 7.76. The largest absolute Gasteiger partial charge is 0.333 e. The summed E-state index contributed by atoms with van der Waals surface area (Å²) in [5.41, 5.74) is 0.598. The van der Waals surface area contributed by atoms with Crippen LogP contribution in [0.4, 0.5) is 0 Å². The van der Waals surface area contributed by atoms with Crippen LogP contribution in [0.15, 0.2) is 23.2 Å². The Morgan fingerprint density at radius 3 is 2.69 bits per heavy atom. The summed E-state index contributed by atoms with van der Waals surface area (Å²) in [6, 6.07) is 3.97. The van der Waals surface area contributed by atoms with E-state index in [-0.39, 0.29) is 0 Å². The second-order valence-electron chi connectivity index (χ2n) is 3.50. The Hall–Kier alpha value is -0.700. The standard InChI is InChI=1S/C10H16N2S/c1-8(2)7-12-5-4-9(13-3)6-10(12)11/h4-6,8,11H,7H2,1-3H3. The molecule has 72 valence electrons. The highest BCUT2D eigenvalue weighted by atomic mass is 32.2. The highest BCUT2D eigenvalue weighted by Crippen LogP contribution is 2.10. The maximum atomic E-state index is 7.76. The minimum Gasteiger partial charge on any atom is -0.333 e. The summed E-state index contributed by atoms with van der Waals surface area (Å²) in [6.45, 7) is 5.25. The summed E-state index contributed by atoms with van der Waals surface area (Å²) < 4.78 is 1.98. The molecule has 0 radical (unpaired) electrons. The zero-order valence-electron chi connectivity index (χ0n) is 8.37. The van der Waals surface area contributed by atoms with Crippen molar-refractivity contribution in [3.63, 3.8) is 0 Å². The third-order valence-corrected chi connectivity index (χ3v) is 2.53. The molecule has 0 bridgehead atoms. The Labute approximate surface area is 83.5 Å². The summed E-state index contributed by atoms with van der Waals surface area (Å²) in [7, 11) is 0. The molecule has 2 nitrogen and oxygen atoms in total. The van der Waals surface area contributed by atoms with Crippen molar-refractivity contribution in [3.8, 4) is 0 Å². The van der Waals surface area contributed by atoms with Gasteiger partial charge in [0.2, 0.25) is 0 Å². The van der Waals surface area contributed by atoms with Gasteiger partial charge in [0, 0.05) is 17.6 Å². The number of aromatic nitrogens is 1. The van der Waals surface area contributed by atoms with Crippen LogP contribution in [0.25, 0.3) is 0 Å². The molecule has 0 aliphatic heterocycles. The molecule has 0 spiro atoms. The highest BCUT2D eigenvalue weighted by Gasteiger charge is 1.97. The van der Waals surface area contributed by atoms with Crippen LogP contribution in [0.5, 0.6) is 0 Å². The average Bonchev–Trinajstić information content (AvgIpc) is 2.08. The Morgan fingerprint density at radius 2 is 2.23 bits per heavy atom. The number of nitrogens with one attached hydrogen (secondary N) is 1. The number of hydrogen-bond acceptors (Lipinski definition) is 2. The van der Waals surface area contributed by atoms with Crippen molar-refractivity contribution in [1.29, 1.82) is 5.41 Å². The van der Waals surface area contributed by atoms with Gasteiger partial charge in [-0.2, -0.15) is 0 Å². The smallest absolute Gasteiger partial charge is 0.125 e. The van der Waals surface area contributed by atoms with E-state index in [4.69, 9.17) is 5.41 Å². The van der Waals surface area contributed by atoms with Crippen molar-refractivity contribution in [2.75, 3.05) is 6.26 Å². The first-order valence-corrected chi connectivity index (χ1v) is 5.65. The topological polar surface area (TPSA) is 28.8 Å². The molecule has 1 N–H and O–H groups in total. The zero-order chi connectivity index (χ0) is 9.84. The van der Waals surface area contributed by atoms with E-state index in [1.54, 1.807) is 11.8 Å². The fourth-order valence-electron chi connectivity index (χ4n) is 1.19. The molecule has 0 atom stereocenters. The molecule has 1 rings (SSSR count). The van der Waals surface area contributed by atoms with Gasteiger partial charge in [0.1, 0.15) is 5.49 Å². The van der Waals surface area contributed by atoms with Crippen molar-refractivity contribution < 1.29 is 0 Å². The molecule has 0 unspecified atom stereocenters. The van der Waals surface area contributed by atoms with Crippen molar-refractivity contribution in [3.05, 3.63) is 23.8 Å². The van der Waals surface area contributed by atoms with Gasteiger partial charge in [0.05, 0.1) is 0 Å². The minimum atomic E-state index is 0.592. The molecule has 0 saturated heterocycles. The quantitative estimate of drug-likeness (QED) is 0.739. The van der Waals surface area contributed by atoms with E-state index in [1.165, 1.54) is 0 Å². The van der Waals surface area contributed by atoms with Crippen LogP contribution in [-0.4, -0.2) is 10.8 Å². The number of rotatable bonds is 3. The lowest BCUT2D eigenvalue weighted by Crippen LogP contribution is -2.21. The summed E-state index contributed by atoms with van der Waals surface area (Å²) in [5.74, 6) is 0.592. The zero-order valence-corrected chi connectivity index (χ0v) is 9.19. The Morgan fingerprint density at radius 1 is 1.54 bits per heavy atom. The van der Waals surface area contributed by atoms with Gasteiger partial charge in [0.25, 0.3) is 0 Å². The molecule has 0 fully saturated rings. The van der Waals surface area contributed by atoms with E-state index in [0.29, 0.717) is 11.4 Å². The van der Waals surface area contributed by atoms with Crippen molar-refractivity contribution in [2.24, 2.45) is 5.92 Å². The first-order chi connectivity index (χ1) is 6.13. The summed E-state index contributed by atoms with van der Waals surface area (Å²) in [5, 5.41) is 7.76. The molecular weight excluding hydrogens is 180 g/mol. The monoisotopic (exact) mass is 196 g/mol. The van der Waals surface area contributed by atoms with E-state index in [1.807, 2.05) is 23.1 Å². The van der Waals surface area contributed by atoms with Crippen LogP contribution in [-0.2, 0) is 6.54 Å². The van der Waals surface area contributed by atoms with E-state index in [2.05, 4.69) is 19.9 Å². The normalized spacial score (nSPS) is 10.8. The van der Waals surface area contributed by atoms with Crippen LogP contribution in [0.1, 0.15) is 13.8 Å². The highest BCUT2D eigenvalue weighted by molar-refractivity contribution is 7.98. The van der Waals surface area contributed by atoms with E-state index >= 15 is 0 Å². The van der Waals surface area contributed by atoms with Gasteiger partial charge in [-0.1, -0.05) is 13.8 Å². The molecular formula is C10H16N2S. The van der Waals surface area contributed by atoms with Gasteiger partial charge >= 0.3 is 0 Å². The fourth-order valence-corrected chi connectivity index (χ4v) is 1.62. The van der Waals surface area contributed by atoms with Crippen molar-refractivity contribution in [1.82, 2.24) is 4.57 Å². The third kappa shape index (κ3) is 2.92. The van der Waals surface area contributed by atoms with Crippen LogP contribution in [0.3, 0.4) is 0 Å². The van der Waals surface area contributed by atoms with Gasteiger partial charge in [-0.25, -0.2) is 0 Å². The number of thioether (sulfide) groups is 1. The summed E-state index contributed by atoms with van der Waals surface area (Å²) in [6.07, 6.45) is 4.02. The minimum absolute atomic E-state index is 0.592. The predicted octanol–water partition coefficient (Wildman–Crippen LogP) is 2.35. The van der Waals surface area contributed by atoms with Crippen molar-refractivity contribution in [2.45, 2.75) is 25.3 Å². The number of pyridine rings is 1. The molecule has 0 aromatic carbocycles. The third-order valence-electron chi connectivity index (χ3n) is 1.80. The second-order valence-corrected chi connectivity index (χ2v) is 4.38. The van der Waals surface area contributed by atoms with E-state index < -0.39 is 0 Å². The molecule has 0 aliphatic carbocycles. The SMILES string of the molecule is CSc1ccn(CC(C)C)c(=N)c1. The first kappa shape index (κ1) is 10.4. The Balaban J connectivity index is 2.92. The van der Waals surface area contributed by atoms with Gasteiger partial charge in [-0.3, -0.25) is 5.41 Å². The van der Waals surface area contributed by atoms with Gasteiger partial charge in [0.15, 0.2) is 0 Å². The average molecular weight is 196 g/mol. The molecule has 3 heteroatoms. The lowest BCUT2D eigenvalue weighted by Gasteiger charge is -2.09. The van der Waals surface area contributed by atoms with Crippen molar-refractivity contribution >= 4 is 11.8 Å². The van der Waals surface area contributed by atoms with Crippen LogP contribution in [0, 0.1) is 11.3 Å².